The van der Waals surface area contributed by atoms with Crippen LogP contribution in [0, 0.1) is 0 Å². The van der Waals surface area contributed by atoms with Crippen molar-refractivity contribution in [3.8, 4) is 5.75 Å². The Labute approximate surface area is 195 Å². The first-order chi connectivity index (χ1) is 15.3. The van der Waals surface area contributed by atoms with E-state index in [1.807, 2.05) is 27.0 Å². The van der Waals surface area contributed by atoms with Gasteiger partial charge in [-0.15, -0.1) is 11.8 Å². The predicted molar refractivity (Wildman–Crippen MR) is 129 cm³/mol. The van der Waals surface area contributed by atoms with Crippen molar-refractivity contribution in [2.75, 3.05) is 36.9 Å². The summed E-state index contributed by atoms with van der Waals surface area (Å²) >= 11 is 1.53. The number of hydrogen-bond acceptors (Lipinski definition) is 6. The summed E-state index contributed by atoms with van der Waals surface area (Å²) in [6.07, 6.45) is 2.70. The number of amides is 1. The quantitative estimate of drug-likeness (QED) is 0.345. The van der Waals surface area contributed by atoms with Gasteiger partial charge in [0.2, 0.25) is 5.91 Å². The summed E-state index contributed by atoms with van der Waals surface area (Å²) in [4.78, 5) is 13.7. The summed E-state index contributed by atoms with van der Waals surface area (Å²) in [5.74, 6) is 0.250. The minimum absolute atomic E-state index is 0.127. The Balaban J connectivity index is 2.21. The number of sulfonamides is 1. The molecule has 0 saturated heterocycles. The monoisotopic (exact) mass is 480 g/mol. The minimum Gasteiger partial charge on any atom is -0.494 e. The van der Waals surface area contributed by atoms with Crippen LogP contribution in [0.25, 0.3) is 0 Å². The molecule has 0 unspecified atom stereocenters. The topological polar surface area (TPSA) is 84.9 Å². The van der Waals surface area contributed by atoms with Crippen molar-refractivity contribution < 1.29 is 22.7 Å². The molecule has 1 amide bonds. The van der Waals surface area contributed by atoms with Crippen molar-refractivity contribution in [3.05, 3.63) is 48.5 Å². The predicted octanol–water partition coefficient (Wildman–Crippen LogP) is 3.93. The Morgan fingerprint density at radius 3 is 2.31 bits per heavy atom. The number of carbonyl (C=O) groups is 1. The molecular weight excluding hydrogens is 448 g/mol. The first-order valence-corrected chi connectivity index (χ1v) is 13.2. The van der Waals surface area contributed by atoms with Crippen LogP contribution in [0.4, 0.5) is 5.69 Å². The van der Waals surface area contributed by atoms with Gasteiger partial charge in [0, 0.05) is 18.0 Å². The van der Waals surface area contributed by atoms with E-state index in [4.69, 9.17) is 9.47 Å². The molecule has 0 heterocycles. The summed E-state index contributed by atoms with van der Waals surface area (Å²) in [6.45, 7) is 6.89. The van der Waals surface area contributed by atoms with Gasteiger partial charge in [0.05, 0.1) is 23.3 Å². The molecule has 32 heavy (non-hydrogen) atoms. The maximum Gasteiger partial charge on any atom is 0.264 e. The lowest BCUT2D eigenvalue weighted by atomic mass is 10.3. The Kier molecular flexibility index (Phi) is 10.3. The molecule has 0 radical (unpaired) electrons. The standard InChI is InChI=1S/C23H32N2O5S2/c1-5-29-20-9-7-19(8-10-20)25(17-23(26)24-15-6-16-30-18(2)3)32(27,28)22-13-11-21(31-4)12-14-22/h7-14,18H,5-6,15-17H2,1-4H3,(H,24,26). The number of anilines is 1. The van der Waals surface area contributed by atoms with Crippen LogP contribution < -0.4 is 14.4 Å². The maximum atomic E-state index is 13.4. The third-order valence-corrected chi connectivity index (χ3v) is 7.00. The largest absolute Gasteiger partial charge is 0.494 e. The fourth-order valence-corrected chi connectivity index (χ4v) is 4.70. The van der Waals surface area contributed by atoms with Gasteiger partial charge in [0.1, 0.15) is 12.3 Å². The van der Waals surface area contributed by atoms with E-state index in [-0.39, 0.29) is 23.5 Å². The van der Waals surface area contributed by atoms with E-state index < -0.39 is 10.0 Å². The van der Waals surface area contributed by atoms with Crippen LogP contribution in [0.1, 0.15) is 27.2 Å². The molecule has 0 aliphatic rings. The Bertz CT molecular complexity index is 945. The molecule has 0 aliphatic heterocycles. The number of ether oxygens (including phenoxy) is 2. The molecular formula is C23H32N2O5S2. The molecule has 0 bridgehead atoms. The van der Waals surface area contributed by atoms with Crippen LogP contribution in [0.3, 0.4) is 0 Å². The van der Waals surface area contributed by atoms with Gasteiger partial charge in [0.25, 0.3) is 10.0 Å². The highest BCUT2D eigenvalue weighted by Gasteiger charge is 2.27. The smallest absolute Gasteiger partial charge is 0.264 e. The SMILES string of the molecule is CCOc1ccc(N(CC(=O)NCCCOC(C)C)S(=O)(=O)c2ccc(SC)cc2)cc1. The number of carbonyl (C=O) groups excluding carboxylic acids is 1. The number of nitrogens with zero attached hydrogens (tertiary/aromatic N) is 1. The van der Waals surface area contributed by atoms with E-state index in [0.29, 0.717) is 37.6 Å². The second kappa shape index (κ2) is 12.7. The Morgan fingerprint density at radius 2 is 1.75 bits per heavy atom. The van der Waals surface area contributed by atoms with Gasteiger partial charge in [-0.25, -0.2) is 8.42 Å². The van der Waals surface area contributed by atoms with Crippen molar-refractivity contribution in [2.24, 2.45) is 0 Å². The summed E-state index contributed by atoms with van der Waals surface area (Å²) in [6, 6.07) is 13.3. The molecule has 9 heteroatoms. The fraction of sp³-hybridized carbons (Fsp3) is 0.435. The lowest BCUT2D eigenvalue weighted by molar-refractivity contribution is -0.119. The molecule has 0 saturated carbocycles. The minimum atomic E-state index is -3.95. The van der Waals surface area contributed by atoms with Crippen molar-refractivity contribution in [3.63, 3.8) is 0 Å². The van der Waals surface area contributed by atoms with Gasteiger partial charge in [0.15, 0.2) is 0 Å². The van der Waals surface area contributed by atoms with Gasteiger partial charge in [-0.3, -0.25) is 9.10 Å². The van der Waals surface area contributed by atoms with Crippen molar-refractivity contribution in [2.45, 2.75) is 43.1 Å². The first-order valence-electron chi connectivity index (χ1n) is 10.6. The lowest BCUT2D eigenvalue weighted by Crippen LogP contribution is -2.41. The van der Waals surface area contributed by atoms with Crippen LogP contribution in [0.5, 0.6) is 5.75 Å². The molecule has 0 atom stereocenters. The average Bonchev–Trinajstić information content (AvgIpc) is 2.78. The zero-order valence-corrected chi connectivity index (χ0v) is 20.7. The van der Waals surface area contributed by atoms with Gasteiger partial charge in [-0.2, -0.15) is 0 Å². The van der Waals surface area contributed by atoms with Crippen LogP contribution in [-0.4, -0.2) is 53.0 Å². The highest BCUT2D eigenvalue weighted by Crippen LogP contribution is 2.27. The van der Waals surface area contributed by atoms with E-state index in [0.717, 1.165) is 9.20 Å². The molecule has 176 valence electrons. The molecule has 2 aromatic rings. The first kappa shape index (κ1) is 26.0. The normalized spacial score (nSPS) is 11.4. The van der Waals surface area contributed by atoms with Gasteiger partial charge >= 0.3 is 0 Å². The fourth-order valence-electron chi connectivity index (χ4n) is 2.87. The number of nitrogens with one attached hydrogen (secondary N) is 1. The molecule has 1 N–H and O–H groups in total. The van der Waals surface area contributed by atoms with E-state index >= 15 is 0 Å². The third-order valence-electron chi connectivity index (χ3n) is 4.46. The molecule has 7 nitrogen and oxygen atoms in total. The summed E-state index contributed by atoms with van der Waals surface area (Å²) in [5, 5.41) is 2.78. The Hall–Kier alpha value is -2.23. The second-order valence-corrected chi connectivity index (χ2v) is 9.98. The van der Waals surface area contributed by atoms with Crippen LogP contribution in [-0.2, 0) is 19.6 Å². The molecule has 0 aromatic heterocycles. The molecule has 2 rings (SSSR count). The maximum absolute atomic E-state index is 13.4. The zero-order valence-electron chi connectivity index (χ0n) is 19.0. The lowest BCUT2D eigenvalue weighted by Gasteiger charge is -2.24. The molecule has 0 spiro atoms. The van der Waals surface area contributed by atoms with E-state index in [1.165, 1.54) is 11.8 Å². The number of hydrogen-bond donors (Lipinski definition) is 1. The third kappa shape index (κ3) is 7.72. The van der Waals surface area contributed by atoms with Crippen molar-refractivity contribution >= 4 is 33.4 Å². The highest BCUT2D eigenvalue weighted by atomic mass is 32.2. The highest BCUT2D eigenvalue weighted by molar-refractivity contribution is 7.98. The van der Waals surface area contributed by atoms with Crippen LogP contribution in [0.15, 0.2) is 58.3 Å². The van der Waals surface area contributed by atoms with Gasteiger partial charge in [-0.05, 0) is 82.0 Å². The van der Waals surface area contributed by atoms with Gasteiger partial charge < -0.3 is 14.8 Å². The molecule has 2 aromatic carbocycles. The zero-order chi connectivity index (χ0) is 23.6. The summed E-state index contributed by atoms with van der Waals surface area (Å²) in [7, 11) is -3.95. The Morgan fingerprint density at radius 1 is 1.09 bits per heavy atom. The van der Waals surface area contributed by atoms with Crippen LogP contribution >= 0.6 is 11.8 Å². The summed E-state index contributed by atoms with van der Waals surface area (Å²) in [5.41, 5.74) is 0.390. The summed E-state index contributed by atoms with van der Waals surface area (Å²) < 4.78 is 38.9. The average molecular weight is 481 g/mol. The van der Waals surface area contributed by atoms with Gasteiger partial charge in [-0.1, -0.05) is 0 Å². The van der Waals surface area contributed by atoms with Crippen molar-refractivity contribution in [1.29, 1.82) is 0 Å². The molecule has 0 aliphatic carbocycles. The number of rotatable bonds is 13. The number of benzene rings is 2. The van der Waals surface area contributed by atoms with E-state index in [2.05, 4.69) is 5.32 Å². The number of thioether (sulfide) groups is 1. The van der Waals surface area contributed by atoms with Crippen molar-refractivity contribution in [1.82, 2.24) is 5.32 Å². The second-order valence-electron chi connectivity index (χ2n) is 7.24. The van der Waals surface area contributed by atoms with Crippen LogP contribution in [0.2, 0.25) is 0 Å². The molecule has 0 fully saturated rings. The van der Waals surface area contributed by atoms with E-state index in [1.54, 1.807) is 48.5 Å². The van der Waals surface area contributed by atoms with E-state index in [9.17, 15) is 13.2 Å².